The molecule has 0 aliphatic heterocycles. The van der Waals surface area contributed by atoms with Crippen LogP contribution in [0.25, 0.3) is 0 Å². The maximum Gasteiger partial charge on any atom is 0.127 e. The van der Waals surface area contributed by atoms with Gasteiger partial charge in [0, 0.05) is 11.7 Å². The van der Waals surface area contributed by atoms with Crippen molar-refractivity contribution in [3.63, 3.8) is 0 Å². The van der Waals surface area contributed by atoms with Gasteiger partial charge in [0.25, 0.3) is 0 Å². The van der Waals surface area contributed by atoms with Crippen LogP contribution in [0.4, 0.5) is 5.69 Å². The van der Waals surface area contributed by atoms with Crippen LogP contribution < -0.4 is 10.1 Å². The zero-order valence-corrected chi connectivity index (χ0v) is 11.7. The summed E-state index contributed by atoms with van der Waals surface area (Å²) in [5.41, 5.74) is 1.19. The fourth-order valence-electron chi connectivity index (χ4n) is 2.73. The molecule has 0 amide bonds. The number of nitrogens with one attached hydrogen (secondary N) is 1. The van der Waals surface area contributed by atoms with E-state index in [1.807, 2.05) is 42.5 Å². The first-order valence-corrected chi connectivity index (χ1v) is 7.50. The standard InChI is InChI=1S/C18H21NO/c1-3-7-15(8-4-1)19-16-11-13-18(14-12-16)20-17-9-5-2-6-10-17/h2,5-6,9-15,19H,1,3-4,7-8H2. The maximum absolute atomic E-state index is 5.80. The molecule has 2 heteroatoms. The molecular weight excluding hydrogens is 246 g/mol. The summed E-state index contributed by atoms with van der Waals surface area (Å²) in [6.07, 6.45) is 6.69. The maximum atomic E-state index is 5.80. The van der Waals surface area contributed by atoms with E-state index in [9.17, 15) is 0 Å². The zero-order chi connectivity index (χ0) is 13.6. The van der Waals surface area contributed by atoms with Crippen molar-refractivity contribution in [2.75, 3.05) is 5.32 Å². The van der Waals surface area contributed by atoms with Crippen molar-refractivity contribution in [1.82, 2.24) is 0 Å². The Morgan fingerprint density at radius 1 is 0.750 bits per heavy atom. The second-order valence-electron chi connectivity index (χ2n) is 5.42. The van der Waals surface area contributed by atoms with Crippen LogP contribution in [0.3, 0.4) is 0 Å². The minimum Gasteiger partial charge on any atom is -0.457 e. The van der Waals surface area contributed by atoms with Crippen LogP contribution in [0.15, 0.2) is 54.6 Å². The molecule has 104 valence electrons. The highest BCUT2D eigenvalue weighted by Gasteiger charge is 2.12. The van der Waals surface area contributed by atoms with Crippen molar-refractivity contribution in [2.24, 2.45) is 0 Å². The first-order chi connectivity index (χ1) is 9.90. The predicted octanol–water partition coefficient (Wildman–Crippen LogP) is 5.22. The predicted molar refractivity (Wildman–Crippen MR) is 83.5 cm³/mol. The van der Waals surface area contributed by atoms with E-state index in [2.05, 4.69) is 17.4 Å². The molecule has 2 aromatic rings. The van der Waals surface area contributed by atoms with Crippen LogP contribution in [0.2, 0.25) is 0 Å². The van der Waals surface area contributed by atoms with Crippen molar-refractivity contribution in [3.05, 3.63) is 54.6 Å². The van der Waals surface area contributed by atoms with Gasteiger partial charge >= 0.3 is 0 Å². The lowest BCUT2D eigenvalue weighted by Gasteiger charge is -2.23. The van der Waals surface area contributed by atoms with Crippen LogP contribution >= 0.6 is 0 Å². The lowest BCUT2D eigenvalue weighted by atomic mass is 9.95. The Balaban J connectivity index is 1.59. The van der Waals surface area contributed by atoms with Gasteiger partial charge in [0.05, 0.1) is 0 Å². The van der Waals surface area contributed by atoms with Gasteiger partial charge in [-0.25, -0.2) is 0 Å². The first-order valence-electron chi connectivity index (χ1n) is 7.50. The van der Waals surface area contributed by atoms with Crippen molar-refractivity contribution < 1.29 is 4.74 Å². The van der Waals surface area contributed by atoms with E-state index in [1.165, 1.54) is 37.8 Å². The molecule has 0 spiro atoms. The van der Waals surface area contributed by atoms with Gasteiger partial charge in [-0.1, -0.05) is 37.5 Å². The summed E-state index contributed by atoms with van der Waals surface area (Å²) in [7, 11) is 0. The molecular formula is C18H21NO. The van der Waals surface area contributed by atoms with Crippen LogP contribution in [0.1, 0.15) is 32.1 Å². The van der Waals surface area contributed by atoms with E-state index < -0.39 is 0 Å². The molecule has 0 heterocycles. The first kappa shape index (κ1) is 13.0. The van der Waals surface area contributed by atoms with E-state index in [0.29, 0.717) is 6.04 Å². The Bertz CT molecular complexity index is 515. The molecule has 0 atom stereocenters. The van der Waals surface area contributed by atoms with Crippen LogP contribution in [0.5, 0.6) is 11.5 Å². The molecule has 1 aliphatic rings. The van der Waals surface area contributed by atoms with Crippen molar-refractivity contribution in [2.45, 2.75) is 38.1 Å². The summed E-state index contributed by atoms with van der Waals surface area (Å²) in [4.78, 5) is 0. The third kappa shape index (κ3) is 3.53. The molecule has 0 aromatic heterocycles. The SMILES string of the molecule is c1ccc(Oc2ccc(NC3CCCCC3)cc2)cc1. The average molecular weight is 267 g/mol. The van der Waals surface area contributed by atoms with Gasteiger partial charge in [0.15, 0.2) is 0 Å². The molecule has 1 N–H and O–H groups in total. The van der Waals surface area contributed by atoms with E-state index in [-0.39, 0.29) is 0 Å². The van der Waals surface area contributed by atoms with E-state index in [4.69, 9.17) is 4.74 Å². The number of para-hydroxylation sites is 1. The summed E-state index contributed by atoms with van der Waals surface area (Å²) in [5.74, 6) is 1.76. The van der Waals surface area contributed by atoms with Gasteiger partial charge in [-0.05, 0) is 49.2 Å². The third-order valence-corrected chi connectivity index (χ3v) is 3.81. The monoisotopic (exact) mass is 267 g/mol. The van der Waals surface area contributed by atoms with Gasteiger partial charge in [0.1, 0.15) is 11.5 Å². The molecule has 1 fully saturated rings. The summed E-state index contributed by atoms with van der Waals surface area (Å²) in [6, 6.07) is 18.8. The highest BCUT2D eigenvalue weighted by Crippen LogP contribution is 2.25. The van der Waals surface area contributed by atoms with Gasteiger partial charge in [-0.2, -0.15) is 0 Å². The van der Waals surface area contributed by atoms with Gasteiger partial charge in [-0.3, -0.25) is 0 Å². The van der Waals surface area contributed by atoms with Crippen molar-refractivity contribution in [1.29, 1.82) is 0 Å². The van der Waals surface area contributed by atoms with Crippen LogP contribution in [-0.2, 0) is 0 Å². The highest BCUT2D eigenvalue weighted by atomic mass is 16.5. The quantitative estimate of drug-likeness (QED) is 0.819. The summed E-state index contributed by atoms with van der Waals surface area (Å²) < 4.78 is 5.80. The molecule has 0 radical (unpaired) electrons. The molecule has 2 aromatic carbocycles. The fourth-order valence-corrected chi connectivity index (χ4v) is 2.73. The molecule has 0 bridgehead atoms. The smallest absolute Gasteiger partial charge is 0.127 e. The second-order valence-corrected chi connectivity index (χ2v) is 5.42. The average Bonchev–Trinajstić information content (AvgIpc) is 2.51. The summed E-state index contributed by atoms with van der Waals surface area (Å²) in [5, 5.41) is 3.62. The Hall–Kier alpha value is -1.96. The normalized spacial score (nSPS) is 15.8. The van der Waals surface area contributed by atoms with Gasteiger partial charge in [0.2, 0.25) is 0 Å². The van der Waals surface area contributed by atoms with Crippen LogP contribution in [-0.4, -0.2) is 6.04 Å². The molecule has 0 saturated heterocycles. The number of benzene rings is 2. The molecule has 1 saturated carbocycles. The largest absolute Gasteiger partial charge is 0.457 e. The van der Waals surface area contributed by atoms with Gasteiger partial charge in [-0.15, -0.1) is 0 Å². The molecule has 2 nitrogen and oxygen atoms in total. The Morgan fingerprint density at radius 2 is 1.40 bits per heavy atom. The topological polar surface area (TPSA) is 21.3 Å². The summed E-state index contributed by atoms with van der Waals surface area (Å²) >= 11 is 0. The fraction of sp³-hybridized carbons (Fsp3) is 0.333. The van der Waals surface area contributed by atoms with Crippen molar-refractivity contribution >= 4 is 5.69 Å². The van der Waals surface area contributed by atoms with E-state index in [1.54, 1.807) is 0 Å². The van der Waals surface area contributed by atoms with Gasteiger partial charge < -0.3 is 10.1 Å². The number of hydrogen-bond acceptors (Lipinski definition) is 2. The molecule has 20 heavy (non-hydrogen) atoms. The molecule has 1 aliphatic carbocycles. The van der Waals surface area contributed by atoms with E-state index in [0.717, 1.165) is 11.5 Å². The van der Waals surface area contributed by atoms with Crippen LogP contribution in [0, 0.1) is 0 Å². The lowest BCUT2D eigenvalue weighted by molar-refractivity contribution is 0.462. The van der Waals surface area contributed by atoms with Crippen molar-refractivity contribution in [3.8, 4) is 11.5 Å². The number of ether oxygens (including phenoxy) is 1. The summed E-state index contributed by atoms with van der Waals surface area (Å²) in [6.45, 7) is 0. The number of hydrogen-bond donors (Lipinski definition) is 1. The third-order valence-electron chi connectivity index (χ3n) is 3.81. The van der Waals surface area contributed by atoms with E-state index >= 15 is 0 Å². The minimum atomic E-state index is 0.643. The second kappa shape index (κ2) is 6.47. The molecule has 0 unspecified atom stereocenters. The minimum absolute atomic E-state index is 0.643. The Morgan fingerprint density at radius 3 is 2.10 bits per heavy atom. The molecule has 3 rings (SSSR count). The number of rotatable bonds is 4. The number of anilines is 1. The Labute approximate surface area is 120 Å². The highest BCUT2D eigenvalue weighted by molar-refractivity contribution is 5.47. The lowest BCUT2D eigenvalue weighted by Crippen LogP contribution is -2.21. The zero-order valence-electron chi connectivity index (χ0n) is 11.7. The Kier molecular flexibility index (Phi) is 4.22.